The second-order valence-corrected chi connectivity index (χ2v) is 4.13. The topological polar surface area (TPSA) is 55.6 Å². The number of nitrogens with two attached hydrogens (primary N) is 1. The second kappa shape index (κ2) is 6.66. The van der Waals surface area contributed by atoms with Crippen LogP contribution in [-0.2, 0) is 9.53 Å². The Kier molecular flexibility index (Phi) is 5.49. The zero-order valence-electron chi connectivity index (χ0n) is 10.0. The van der Waals surface area contributed by atoms with Gasteiger partial charge in [-0.3, -0.25) is 4.79 Å². The molecule has 2 unspecified atom stereocenters. The van der Waals surface area contributed by atoms with Gasteiger partial charge in [0.25, 0.3) is 0 Å². The van der Waals surface area contributed by atoms with Crippen molar-refractivity contribution in [3.05, 3.63) is 12.7 Å². The molecule has 0 aliphatic carbocycles. The highest BCUT2D eigenvalue weighted by Gasteiger charge is 2.26. The first-order chi connectivity index (χ1) is 7.69. The van der Waals surface area contributed by atoms with Crippen LogP contribution in [0.4, 0.5) is 0 Å². The number of nitrogens with zero attached hydrogens (tertiary/aromatic N) is 1. The maximum absolute atomic E-state index is 11.9. The first kappa shape index (κ1) is 13.2. The molecular formula is C12H22N2O2. The molecule has 1 heterocycles. The van der Waals surface area contributed by atoms with E-state index in [1.165, 1.54) is 0 Å². The van der Waals surface area contributed by atoms with Crippen LogP contribution in [0.5, 0.6) is 0 Å². The van der Waals surface area contributed by atoms with Gasteiger partial charge in [-0.1, -0.05) is 6.08 Å². The first-order valence-electron chi connectivity index (χ1n) is 5.95. The van der Waals surface area contributed by atoms with Crippen molar-refractivity contribution in [3.63, 3.8) is 0 Å². The maximum Gasteiger partial charge on any atom is 0.239 e. The van der Waals surface area contributed by atoms with E-state index in [9.17, 15) is 4.79 Å². The van der Waals surface area contributed by atoms with Crippen molar-refractivity contribution in [2.75, 3.05) is 19.7 Å². The van der Waals surface area contributed by atoms with Crippen LogP contribution < -0.4 is 5.73 Å². The van der Waals surface area contributed by atoms with E-state index in [0.717, 1.165) is 19.4 Å². The normalized spacial score (nSPS) is 22.9. The Morgan fingerprint density at radius 3 is 3.12 bits per heavy atom. The summed E-state index contributed by atoms with van der Waals surface area (Å²) in [5.41, 5.74) is 5.77. The van der Waals surface area contributed by atoms with E-state index >= 15 is 0 Å². The molecular weight excluding hydrogens is 204 g/mol. The summed E-state index contributed by atoms with van der Waals surface area (Å²) in [6.07, 6.45) is 4.44. The number of carbonyl (C=O) groups excluding carboxylic acids is 1. The number of ether oxygens (including phenoxy) is 1. The highest BCUT2D eigenvalue weighted by Crippen LogP contribution is 2.14. The molecule has 1 fully saturated rings. The fourth-order valence-corrected chi connectivity index (χ4v) is 2.02. The molecule has 2 N–H and O–H groups in total. The Balaban J connectivity index is 2.46. The van der Waals surface area contributed by atoms with Crippen molar-refractivity contribution < 1.29 is 9.53 Å². The lowest BCUT2D eigenvalue weighted by molar-refractivity contribution is -0.136. The summed E-state index contributed by atoms with van der Waals surface area (Å²) in [5.74, 6) is 0.0179. The molecule has 0 spiro atoms. The quantitative estimate of drug-likeness (QED) is 0.709. The molecule has 1 aliphatic heterocycles. The van der Waals surface area contributed by atoms with Gasteiger partial charge in [-0.15, -0.1) is 6.58 Å². The van der Waals surface area contributed by atoms with E-state index < -0.39 is 6.04 Å². The standard InChI is InChI=1S/C12H22N2O2/c1-3-6-11(13)12(15)14-8-5-7-10(9-14)16-4-2/h3,10-11H,1,4-9,13H2,2H3. The van der Waals surface area contributed by atoms with Crippen LogP contribution in [0.25, 0.3) is 0 Å². The molecule has 1 amide bonds. The summed E-state index contributed by atoms with van der Waals surface area (Å²) in [6.45, 7) is 7.75. The Morgan fingerprint density at radius 2 is 2.50 bits per heavy atom. The van der Waals surface area contributed by atoms with Crippen LogP contribution in [0.3, 0.4) is 0 Å². The summed E-state index contributed by atoms with van der Waals surface area (Å²) in [6, 6.07) is -0.446. The molecule has 92 valence electrons. The number of rotatable bonds is 5. The third kappa shape index (κ3) is 3.61. The lowest BCUT2D eigenvalue weighted by Gasteiger charge is -2.33. The van der Waals surface area contributed by atoms with Crippen molar-refractivity contribution in [2.24, 2.45) is 5.73 Å². The molecule has 4 heteroatoms. The monoisotopic (exact) mass is 226 g/mol. The van der Waals surface area contributed by atoms with E-state index in [0.29, 0.717) is 19.6 Å². The summed E-state index contributed by atoms with van der Waals surface area (Å²) >= 11 is 0. The molecule has 1 rings (SSSR count). The highest BCUT2D eigenvalue weighted by atomic mass is 16.5. The van der Waals surface area contributed by atoms with Gasteiger partial charge in [-0.25, -0.2) is 0 Å². The van der Waals surface area contributed by atoms with Gasteiger partial charge in [-0.2, -0.15) is 0 Å². The molecule has 4 nitrogen and oxygen atoms in total. The lowest BCUT2D eigenvalue weighted by atomic mass is 10.1. The van der Waals surface area contributed by atoms with Gasteiger partial charge in [0.2, 0.25) is 5.91 Å². The van der Waals surface area contributed by atoms with Crippen molar-refractivity contribution in [2.45, 2.75) is 38.3 Å². The van der Waals surface area contributed by atoms with Crippen molar-refractivity contribution in [1.82, 2.24) is 4.90 Å². The molecule has 0 aromatic carbocycles. The molecule has 16 heavy (non-hydrogen) atoms. The SMILES string of the molecule is C=CCC(N)C(=O)N1CCCC(OCC)C1. The van der Waals surface area contributed by atoms with E-state index in [4.69, 9.17) is 10.5 Å². The number of hydrogen-bond donors (Lipinski definition) is 1. The average molecular weight is 226 g/mol. The number of likely N-dealkylation sites (tertiary alicyclic amines) is 1. The molecule has 2 atom stereocenters. The average Bonchev–Trinajstić information content (AvgIpc) is 2.29. The zero-order valence-corrected chi connectivity index (χ0v) is 10.0. The van der Waals surface area contributed by atoms with Crippen LogP contribution >= 0.6 is 0 Å². The molecule has 1 aliphatic rings. The fraction of sp³-hybridized carbons (Fsp3) is 0.750. The van der Waals surface area contributed by atoms with Crippen molar-refractivity contribution in [1.29, 1.82) is 0 Å². The summed E-state index contributed by atoms with van der Waals surface area (Å²) in [5, 5.41) is 0. The largest absolute Gasteiger partial charge is 0.377 e. The molecule has 0 aromatic heterocycles. The van der Waals surface area contributed by atoms with Gasteiger partial charge < -0.3 is 15.4 Å². The smallest absolute Gasteiger partial charge is 0.239 e. The van der Waals surface area contributed by atoms with E-state index in [2.05, 4.69) is 6.58 Å². The maximum atomic E-state index is 11.9. The van der Waals surface area contributed by atoms with Gasteiger partial charge in [0.05, 0.1) is 12.1 Å². The molecule has 0 radical (unpaired) electrons. The third-order valence-corrected chi connectivity index (χ3v) is 2.83. The van der Waals surface area contributed by atoms with E-state index in [1.807, 2.05) is 11.8 Å². The Morgan fingerprint density at radius 1 is 1.75 bits per heavy atom. The number of hydrogen-bond acceptors (Lipinski definition) is 3. The summed E-state index contributed by atoms with van der Waals surface area (Å²) in [4.78, 5) is 13.8. The zero-order chi connectivity index (χ0) is 12.0. The predicted octanol–water partition coefficient (Wildman–Crippen LogP) is 0.917. The minimum absolute atomic E-state index is 0.0179. The Bertz CT molecular complexity index is 241. The lowest BCUT2D eigenvalue weighted by Crippen LogP contribution is -2.49. The summed E-state index contributed by atoms with van der Waals surface area (Å²) in [7, 11) is 0. The second-order valence-electron chi connectivity index (χ2n) is 4.13. The minimum Gasteiger partial charge on any atom is -0.377 e. The molecule has 1 saturated heterocycles. The number of amides is 1. The van der Waals surface area contributed by atoms with E-state index in [1.54, 1.807) is 6.08 Å². The van der Waals surface area contributed by atoms with Gasteiger partial charge in [0.15, 0.2) is 0 Å². The molecule has 0 bridgehead atoms. The van der Waals surface area contributed by atoms with Gasteiger partial charge >= 0.3 is 0 Å². The highest BCUT2D eigenvalue weighted by molar-refractivity contribution is 5.81. The predicted molar refractivity (Wildman–Crippen MR) is 64.0 cm³/mol. The molecule has 0 aromatic rings. The van der Waals surface area contributed by atoms with Crippen LogP contribution in [0.1, 0.15) is 26.2 Å². The fourth-order valence-electron chi connectivity index (χ4n) is 2.02. The van der Waals surface area contributed by atoms with Gasteiger partial charge in [0.1, 0.15) is 0 Å². The van der Waals surface area contributed by atoms with Gasteiger partial charge in [-0.05, 0) is 26.2 Å². The van der Waals surface area contributed by atoms with Crippen LogP contribution in [0.2, 0.25) is 0 Å². The number of piperidine rings is 1. The van der Waals surface area contributed by atoms with Crippen molar-refractivity contribution >= 4 is 5.91 Å². The van der Waals surface area contributed by atoms with Crippen LogP contribution in [0.15, 0.2) is 12.7 Å². The summed E-state index contributed by atoms with van der Waals surface area (Å²) < 4.78 is 5.55. The Hall–Kier alpha value is -0.870. The van der Waals surface area contributed by atoms with Crippen molar-refractivity contribution in [3.8, 4) is 0 Å². The first-order valence-corrected chi connectivity index (χ1v) is 5.95. The molecule has 0 saturated carbocycles. The van der Waals surface area contributed by atoms with Crippen LogP contribution in [0, 0.1) is 0 Å². The van der Waals surface area contributed by atoms with E-state index in [-0.39, 0.29) is 12.0 Å². The minimum atomic E-state index is -0.446. The number of carbonyl (C=O) groups is 1. The van der Waals surface area contributed by atoms with Gasteiger partial charge in [0, 0.05) is 19.7 Å². The van der Waals surface area contributed by atoms with Crippen LogP contribution in [-0.4, -0.2) is 42.6 Å². The third-order valence-electron chi connectivity index (χ3n) is 2.83. The Labute approximate surface area is 97.4 Å².